The summed E-state index contributed by atoms with van der Waals surface area (Å²) in [6.07, 6.45) is 2.01. The Morgan fingerprint density at radius 3 is 2.67 bits per heavy atom. The van der Waals surface area contributed by atoms with E-state index in [0.717, 1.165) is 0 Å². The highest BCUT2D eigenvalue weighted by atomic mass is 16.6. The molecule has 1 aliphatic rings. The first-order valence-corrected chi connectivity index (χ1v) is 5.01. The van der Waals surface area contributed by atoms with E-state index in [1.165, 1.54) is 4.90 Å². The van der Waals surface area contributed by atoms with Gasteiger partial charge in [0.2, 0.25) is 0 Å². The van der Waals surface area contributed by atoms with E-state index < -0.39 is 11.7 Å². The number of carbonyl (C=O) groups excluding carboxylic acids is 2. The second-order valence-corrected chi connectivity index (χ2v) is 4.78. The molecule has 0 aromatic rings. The average Bonchev–Trinajstić information content (AvgIpc) is 2.43. The Kier molecular flexibility index (Phi) is 3.17. The monoisotopic (exact) mass is 211 g/mol. The number of rotatable bonds is 1. The molecule has 4 nitrogen and oxygen atoms in total. The van der Waals surface area contributed by atoms with Crippen molar-refractivity contribution in [2.75, 3.05) is 6.54 Å². The lowest BCUT2D eigenvalue weighted by Gasteiger charge is -2.25. The van der Waals surface area contributed by atoms with E-state index in [9.17, 15) is 9.59 Å². The number of hydrogen-bond donors (Lipinski definition) is 0. The van der Waals surface area contributed by atoms with Gasteiger partial charge in [0.15, 0.2) is 6.29 Å². The Morgan fingerprint density at radius 1 is 1.60 bits per heavy atom. The van der Waals surface area contributed by atoms with E-state index in [4.69, 9.17) is 4.74 Å². The summed E-state index contributed by atoms with van der Waals surface area (Å²) >= 11 is 0. The quantitative estimate of drug-likeness (QED) is 0.623. The van der Waals surface area contributed by atoms with Gasteiger partial charge in [0.25, 0.3) is 0 Å². The van der Waals surface area contributed by atoms with Crippen LogP contribution in [0, 0.1) is 5.92 Å². The van der Waals surface area contributed by atoms with Crippen molar-refractivity contribution in [3.05, 3.63) is 11.8 Å². The van der Waals surface area contributed by atoms with Crippen molar-refractivity contribution < 1.29 is 14.3 Å². The van der Waals surface area contributed by atoms with Crippen LogP contribution in [0.5, 0.6) is 0 Å². The van der Waals surface area contributed by atoms with E-state index in [0.29, 0.717) is 18.5 Å². The smallest absolute Gasteiger partial charge is 0.414 e. The molecule has 84 valence electrons. The first-order valence-electron chi connectivity index (χ1n) is 5.01. The van der Waals surface area contributed by atoms with Crippen LogP contribution in [-0.2, 0) is 9.53 Å². The summed E-state index contributed by atoms with van der Waals surface area (Å²) in [6, 6.07) is 0. The topological polar surface area (TPSA) is 46.6 Å². The van der Waals surface area contributed by atoms with Gasteiger partial charge in [-0.3, -0.25) is 9.69 Å². The van der Waals surface area contributed by atoms with E-state index in [-0.39, 0.29) is 5.92 Å². The summed E-state index contributed by atoms with van der Waals surface area (Å²) in [5, 5.41) is 0. The highest BCUT2D eigenvalue weighted by Gasteiger charge is 2.29. The molecule has 1 aliphatic heterocycles. The molecule has 1 unspecified atom stereocenters. The van der Waals surface area contributed by atoms with Crippen LogP contribution in [0.2, 0.25) is 0 Å². The molecule has 0 aromatic carbocycles. The highest BCUT2D eigenvalue weighted by Crippen LogP contribution is 2.21. The van der Waals surface area contributed by atoms with Crippen molar-refractivity contribution in [2.24, 2.45) is 5.92 Å². The summed E-state index contributed by atoms with van der Waals surface area (Å²) < 4.78 is 5.19. The highest BCUT2D eigenvalue weighted by molar-refractivity contribution is 5.83. The van der Waals surface area contributed by atoms with E-state index in [2.05, 4.69) is 0 Å². The Balaban J connectivity index is 2.70. The fourth-order valence-corrected chi connectivity index (χ4v) is 1.43. The van der Waals surface area contributed by atoms with Gasteiger partial charge in [0.05, 0.1) is 5.70 Å². The van der Waals surface area contributed by atoms with Crippen LogP contribution >= 0.6 is 0 Å². The summed E-state index contributed by atoms with van der Waals surface area (Å²) in [5.41, 5.74) is -0.131. The molecule has 1 rings (SSSR count). The average molecular weight is 211 g/mol. The van der Waals surface area contributed by atoms with Crippen LogP contribution in [0.4, 0.5) is 4.79 Å². The molecule has 0 saturated heterocycles. The molecule has 4 heteroatoms. The van der Waals surface area contributed by atoms with Crippen LogP contribution in [0.3, 0.4) is 0 Å². The number of amides is 1. The third-order valence-corrected chi connectivity index (χ3v) is 1.97. The van der Waals surface area contributed by atoms with Gasteiger partial charge in [0.1, 0.15) is 5.60 Å². The van der Waals surface area contributed by atoms with Gasteiger partial charge in [-0.25, -0.2) is 4.79 Å². The lowest BCUT2D eigenvalue weighted by Crippen LogP contribution is -2.35. The van der Waals surface area contributed by atoms with E-state index >= 15 is 0 Å². The third kappa shape index (κ3) is 3.08. The summed E-state index contributed by atoms with van der Waals surface area (Å²) in [4.78, 5) is 23.8. The maximum Gasteiger partial charge on any atom is 0.414 e. The van der Waals surface area contributed by atoms with Crippen molar-refractivity contribution in [3.8, 4) is 0 Å². The van der Waals surface area contributed by atoms with Gasteiger partial charge in [-0.1, -0.05) is 13.0 Å². The molecule has 1 amide bonds. The van der Waals surface area contributed by atoms with Crippen LogP contribution in [-0.4, -0.2) is 29.4 Å². The van der Waals surface area contributed by atoms with Crippen LogP contribution in [0.25, 0.3) is 0 Å². The molecule has 15 heavy (non-hydrogen) atoms. The first-order chi connectivity index (χ1) is 6.83. The van der Waals surface area contributed by atoms with Crippen molar-refractivity contribution in [1.82, 2.24) is 4.90 Å². The van der Waals surface area contributed by atoms with Gasteiger partial charge in [-0.2, -0.15) is 0 Å². The minimum atomic E-state index is -0.531. The maximum atomic E-state index is 11.7. The Bertz CT molecular complexity index is 301. The lowest BCUT2D eigenvalue weighted by atomic mass is 10.2. The second kappa shape index (κ2) is 4.04. The summed E-state index contributed by atoms with van der Waals surface area (Å²) in [6.45, 7) is 7.87. The molecule has 0 aromatic heterocycles. The molecule has 0 saturated carbocycles. The zero-order valence-electron chi connectivity index (χ0n) is 9.61. The van der Waals surface area contributed by atoms with Gasteiger partial charge in [0, 0.05) is 6.54 Å². The minimum absolute atomic E-state index is 0.206. The van der Waals surface area contributed by atoms with Crippen molar-refractivity contribution >= 4 is 12.4 Å². The largest absolute Gasteiger partial charge is 0.443 e. The Hall–Kier alpha value is -1.32. The predicted octanol–water partition coefficient (Wildman–Crippen LogP) is 1.96. The van der Waals surface area contributed by atoms with Crippen molar-refractivity contribution in [3.63, 3.8) is 0 Å². The number of nitrogens with zero attached hydrogens (tertiary/aromatic N) is 1. The molecule has 1 heterocycles. The molecule has 0 spiro atoms. The third-order valence-electron chi connectivity index (χ3n) is 1.97. The van der Waals surface area contributed by atoms with Crippen molar-refractivity contribution in [1.29, 1.82) is 0 Å². The number of allylic oxidation sites excluding steroid dienone is 1. The van der Waals surface area contributed by atoms with Gasteiger partial charge in [-0.15, -0.1) is 0 Å². The zero-order valence-corrected chi connectivity index (χ0v) is 9.61. The molecular formula is C11H17NO3. The van der Waals surface area contributed by atoms with Crippen molar-refractivity contribution in [2.45, 2.75) is 33.3 Å². The molecular weight excluding hydrogens is 194 g/mol. The SMILES string of the molecule is CC1C=C(C=O)N(C(=O)OC(C)(C)C)C1. The Labute approximate surface area is 89.9 Å². The molecule has 0 fully saturated rings. The number of hydrogen-bond acceptors (Lipinski definition) is 3. The molecule has 0 bridgehead atoms. The summed E-state index contributed by atoms with van der Waals surface area (Å²) in [7, 11) is 0. The van der Waals surface area contributed by atoms with E-state index in [1.54, 1.807) is 26.8 Å². The normalized spacial score (nSPS) is 21.2. The zero-order chi connectivity index (χ0) is 11.6. The molecule has 0 N–H and O–H groups in total. The number of carbonyl (C=O) groups is 2. The lowest BCUT2D eigenvalue weighted by molar-refractivity contribution is -0.106. The van der Waals surface area contributed by atoms with Crippen LogP contribution < -0.4 is 0 Å². The number of aldehydes is 1. The minimum Gasteiger partial charge on any atom is -0.443 e. The second-order valence-electron chi connectivity index (χ2n) is 4.78. The fourth-order valence-electron chi connectivity index (χ4n) is 1.43. The van der Waals surface area contributed by atoms with Crippen LogP contribution in [0.15, 0.2) is 11.8 Å². The molecule has 0 aliphatic carbocycles. The maximum absolute atomic E-state index is 11.7. The van der Waals surface area contributed by atoms with Gasteiger partial charge in [-0.05, 0) is 26.7 Å². The predicted molar refractivity (Wildman–Crippen MR) is 56.3 cm³/mol. The van der Waals surface area contributed by atoms with Gasteiger partial charge < -0.3 is 4.74 Å². The van der Waals surface area contributed by atoms with Gasteiger partial charge >= 0.3 is 6.09 Å². The number of ether oxygens (including phenoxy) is 1. The van der Waals surface area contributed by atoms with Crippen LogP contribution in [0.1, 0.15) is 27.7 Å². The molecule has 1 atom stereocenters. The molecule has 0 radical (unpaired) electrons. The van der Waals surface area contributed by atoms with E-state index in [1.807, 2.05) is 6.92 Å². The standard InChI is InChI=1S/C11H17NO3/c1-8-5-9(7-13)12(6-8)10(14)15-11(2,3)4/h5,7-8H,6H2,1-4H3. The first kappa shape index (κ1) is 11.8. The fraction of sp³-hybridized carbons (Fsp3) is 0.636. The Morgan fingerprint density at radius 2 is 2.20 bits per heavy atom. The summed E-state index contributed by atoms with van der Waals surface area (Å²) in [5.74, 6) is 0.206.